The van der Waals surface area contributed by atoms with Crippen LogP contribution in [0.2, 0.25) is 0 Å². The molecular formula is C18H19FN2O3. The lowest BCUT2D eigenvalue weighted by molar-refractivity contribution is -0.123. The van der Waals surface area contributed by atoms with E-state index >= 15 is 0 Å². The van der Waals surface area contributed by atoms with Crippen LogP contribution in [-0.4, -0.2) is 25.3 Å². The Hall–Kier alpha value is -2.89. The fourth-order valence-corrected chi connectivity index (χ4v) is 2.03. The first kappa shape index (κ1) is 17.5. The summed E-state index contributed by atoms with van der Waals surface area (Å²) < 4.78 is 23.5. The van der Waals surface area contributed by atoms with E-state index in [-0.39, 0.29) is 12.4 Å². The van der Waals surface area contributed by atoms with Crippen LogP contribution >= 0.6 is 0 Å². The number of ether oxygens (including phenoxy) is 2. The first-order valence-corrected chi connectivity index (χ1v) is 7.51. The van der Waals surface area contributed by atoms with Crippen LogP contribution in [0.5, 0.6) is 11.5 Å². The number of hydrogen-bond acceptors (Lipinski definition) is 4. The molecule has 1 N–H and O–H groups in total. The van der Waals surface area contributed by atoms with E-state index in [9.17, 15) is 9.18 Å². The highest BCUT2D eigenvalue weighted by Gasteiger charge is 2.07. The number of amides is 1. The third kappa shape index (κ3) is 4.81. The average Bonchev–Trinajstić information content (AvgIpc) is 2.62. The molecule has 2 aromatic rings. The molecule has 0 saturated heterocycles. The monoisotopic (exact) mass is 330 g/mol. The summed E-state index contributed by atoms with van der Waals surface area (Å²) in [5, 5.41) is 4.08. The highest BCUT2D eigenvalue weighted by Crippen LogP contribution is 2.25. The average molecular weight is 330 g/mol. The van der Waals surface area contributed by atoms with Gasteiger partial charge < -0.3 is 9.47 Å². The van der Waals surface area contributed by atoms with Crippen LogP contribution in [0, 0.1) is 5.82 Å². The van der Waals surface area contributed by atoms with E-state index in [1.807, 2.05) is 13.0 Å². The molecule has 2 aromatic carbocycles. The molecule has 6 heteroatoms. The SMILES string of the molecule is CCC(=NNC(=O)COc1ccccc1OC)c1ccc(F)cc1. The smallest absolute Gasteiger partial charge is 0.277 e. The van der Waals surface area contributed by atoms with E-state index < -0.39 is 5.91 Å². The van der Waals surface area contributed by atoms with Crippen molar-refractivity contribution in [2.24, 2.45) is 5.10 Å². The van der Waals surface area contributed by atoms with Crippen molar-refractivity contribution in [1.82, 2.24) is 5.43 Å². The Morgan fingerprint density at radius 1 is 1.12 bits per heavy atom. The second-order valence-electron chi connectivity index (χ2n) is 4.89. The number of carbonyl (C=O) groups is 1. The standard InChI is InChI=1S/C18H19FN2O3/c1-3-15(13-8-10-14(19)11-9-13)20-21-18(22)12-24-17-7-5-4-6-16(17)23-2/h4-11H,3,12H2,1-2H3,(H,21,22). The topological polar surface area (TPSA) is 59.9 Å². The molecule has 2 rings (SSSR count). The number of nitrogens with zero attached hydrogens (tertiary/aromatic N) is 1. The molecule has 0 aliphatic heterocycles. The highest BCUT2D eigenvalue weighted by molar-refractivity contribution is 6.00. The van der Waals surface area contributed by atoms with Gasteiger partial charge in [0.15, 0.2) is 18.1 Å². The molecule has 0 fully saturated rings. The van der Waals surface area contributed by atoms with Gasteiger partial charge in [-0.2, -0.15) is 5.10 Å². The quantitative estimate of drug-likeness (QED) is 0.627. The fourth-order valence-electron chi connectivity index (χ4n) is 2.03. The molecule has 0 radical (unpaired) electrons. The van der Waals surface area contributed by atoms with E-state index in [4.69, 9.17) is 9.47 Å². The van der Waals surface area contributed by atoms with Gasteiger partial charge in [0, 0.05) is 0 Å². The van der Waals surface area contributed by atoms with Gasteiger partial charge in [0.25, 0.3) is 5.91 Å². The molecule has 5 nitrogen and oxygen atoms in total. The Labute approximate surface area is 140 Å². The Morgan fingerprint density at radius 3 is 2.42 bits per heavy atom. The summed E-state index contributed by atoms with van der Waals surface area (Å²) in [4.78, 5) is 11.9. The van der Waals surface area contributed by atoms with Crippen LogP contribution in [0.3, 0.4) is 0 Å². The van der Waals surface area contributed by atoms with E-state index in [1.165, 1.54) is 19.2 Å². The maximum absolute atomic E-state index is 13.0. The van der Waals surface area contributed by atoms with Crippen molar-refractivity contribution >= 4 is 11.6 Å². The Balaban J connectivity index is 1.94. The van der Waals surface area contributed by atoms with Crippen molar-refractivity contribution in [2.45, 2.75) is 13.3 Å². The van der Waals surface area contributed by atoms with Crippen molar-refractivity contribution in [3.8, 4) is 11.5 Å². The Morgan fingerprint density at radius 2 is 1.79 bits per heavy atom. The zero-order chi connectivity index (χ0) is 17.4. The van der Waals surface area contributed by atoms with E-state index in [2.05, 4.69) is 10.5 Å². The summed E-state index contributed by atoms with van der Waals surface area (Å²) in [5.74, 6) is 0.320. The van der Waals surface area contributed by atoms with Crippen molar-refractivity contribution in [2.75, 3.05) is 13.7 Å². The van der Waals surface area contributed by atoms with Crippen LogP contribution in [0.1, 0.15) is 18.9 Å². The Kier molecular flexibility index (Phi) is 6.31. The van der Waals surface area contributed by atoms with Crippen molar-refractivity contribution in [3.05, 3.63) is 59.9 Å². The van der Waals surface area contributed by atoms with E-state index in [0.717, 1.165) is 5.56 Å². The highest BCUT2D eigenvalue weighted by atomic mass is 19.1. The van der Waals surface area contributed by atoms with Crippen molar-refractivity contribution in [1.29, 1.82) is 0 Å². The molecule has 24 heavy (non-hydrogen) atoms. The zero-order valence-corrected chi connectivity index (χ0v) is 13.6. The molecule has 0 saturated carbocycles. The van der Waals surface area contributed by atoms with E-state index in [0.29, 0.717) is 23.6 Å². The summed E-state index contributed by atoms with van der Waals surface area (Å²) in [6.45, 7) is 1.71. The van der Waals surface area contributed by atoms with Gasteiger partial charge in [-0.25, -0.2) is 9.82 Å². The van der Waals surface area contributed by atoms with Crippen LogP contribution in [-0.2, 0) is 4.79 Å². The lowest BCUT2D eigenvalue weighted by Gasteiger charge is -2.10. The summed E-state index contributed by atoms with van der Waals surface area (Å²) in [5.41, 5.74) is 3.85. The predicted octanol–water partition coefficient (Wildman–Crippen LogP) is 3.14. The normalized spacial score (nSPS) is 11.0. The van der Waals surface area contributed by atoms with Gasteiger partial charge in [0.05, 0.1) is 12.8 Å². The molecule has 0 heterocycles. The third-order valence-electron chi connectivity index (χ3n) is 3.26. The number of hydrogen-bond donors (Lipinski definition) is 1. The van der Waals surface area contributed by atoms with Crippen molar-refractivity contribution < 1.29 is 18.7 Å². The number of carbonyl (C=O) groups excluding carboxylic acids is 1. The van der Waals surface area contributed by atoms with E-state index in [1.54, 1.807) is 30.3 Å². The lowest BCUT2D eigenvalue weighted by Crippen LogP contribution is -2.26. The summed E-state index contributed by atoms with van der Waals surface area (Å²) in [6.07, 6.45) is 0.597. The number of nitrogens with one attached hydrogen (secondary N) is 1. The molecular weight excluding hydrogens is 311 g/mol. The van der Waals surface area contributed by atoms with Gasteiger partial charge in [-0.3, -0.25) is 4.79 Å². The number of para-hydroxylation sites is 2. The van der Waals surface area contributed by atoms with Crippen LogP contribution in [0.4, 0.5) is 4.39 Å². The first-order valence-electron chi connectivity index (χ1n) is 7.51. The maximum Gasteiger partial charge on any atom is 0.277 e. The van der Waals surface area contributed by atoms with Gasteiger partial charge >= 0.3 is 0 Å². The van der Waals surface area contributed by atoms with Gasteiger partial charge in [0.2, 0.25) is 0 Å². The minimum absolute atomic E-state index is 0.190. The fraction of sp³-hybridized carbons (Fsp3) is 0.222. The summed E-state index contributed by atoms with van der Waals surface area (Å²) in [7, 11) is 1.53. The summed E-state index contributed by atoms with van der Waals surface area (Å²) in [6, 6.07) is 13.0. The van der Waals surface area contributed by atoms with Crippen LogP contribution in [0.25, 0.3) is 0 Å². The van der Waals surface area contributed by atoms with Crippen molar-refractivity contribution in [3.63, 3.8) is 0 Å². The number of methoxy groups -OCH3 is 1. The molecule has 126 valence electrons. The van der Waals surface area contributed by atoms with Gasteiger partial charge in [-0.15, -0.1) is 0 Å². The molecule has 0 aliphatic rings. The summed E-state index contributed by atoms with van der Waals surface area (Å²) >= 11 is 0. The third-order valence-corrected chi connectivity index (χ3v) is 3.26. The molecule has 0 bridgehead atoms. The van der Waals surface area contributed by atoms with Crippen LogP contribution in [0.15, 0.2) is 53.6 Å². The molecule has 0 spiro atoms. The zero-order valence-electron chi connectivity index (χ0n) is 13.6. The van der Waals surface area contributed by atoms with Gasteiger partial charge in [-0.1, -0.05) is 31.2 Å². The molecule has 0 aromatic heterocycles. The number of halogens is 1. The lowest BCUT2D eigenvalue weighted by atomic mass is 10.1. The Bertz CT molecular complexity index is 714. The number of benzene rings is 2. The molecule has 0 aliphatic carbocycles. The second-order valence-corrected chi connectivity index (χ2v) is 4.89. The molecule has 0 atom stereocenters. The second kappa shape index (κ2) is 8.67. The molecule has 0 unspecified atom stereocenters. The minimum atomic E-state index is -0.394. The minimum Gasteiger partial charge on any atom is -0.493 e. The maximum atomic E-state index is 13.0. The predicted molar refractivity (Wildman–Crippen MR) is 89.9 cm³/mol. The van der Waals surface area contributed by atoms with Gasteiger partial charge in [0.1, 0.15) is 5.82 Å². The number of rotatable bonds is 7. The van der Waals surface area contributed by atoms with Gasteiger partial charge in [-0.05, 0) is 36.2 Å². The van der Waals surface area contributed by atoms with Crippen LogP contribution < -0.4 is 14.9 Å². The first-order chi connectivity index (χ1) is 11.6. The molecule has 1 amide bonds. The largest absolute Gasteiger partial charge is 0.493 e. The number of hydrazone groups is 1.